The lowest BCUT2D eigenvalue weighted by Crippen LogP contribution is -2.13. The van der Waals surface area contributed by atoms with Crippen LogP contribution in [-0.4, -0.2) is 17.8 Å². The Morgan fingerprint density at radius 3 is 2.73 bits per heavy atom. The average molecular weight is 213 g/mol. The van der Waals surface area contributed by atoms with E-state index in [1.165, 1.54) is 18.2 Å². The van der Waals surface area contributed by atoms with Gasteiger partial charge in [-0.15, -0.1) is 0 Å². The van der Waals surface area contributed by atoms with Crippen molar-refractivity contribution in [1.29, 1.82) is 0 Å². The SMILES string of the molecule is CC(C)OCC(O)c1cc(F)ccc1N. The molecule has 0 aliphatic carbocycles. The molecule has 1 atom stereocenters. The highest BCUT2D eigenvalue weighted by molar-refractivity contribution is 5.47. The van der Waals surface area contributed by atoms with Crippen LogP contribution in [0.4, 0.5) is 10.1 Å². The molecule has 0 bridgehead atoms. The lowest BCUT2D eigenvalue weighted by molar-refractivity contribution is 0.00511. The highest BCUT2D eigenvalue weighted by atomic mass is 19.1. The molecule has 0 amide bonds. The van der Waals surface area contributed by atoms with Gasteiger partial charge in [0.15, 0.2) is 0 Å². The van der Waals surface area contributed by atoms with Crippen LogP contribution in [0.1, 0.15) is 25.5 Å². The van der Waals surface area contributed by atoms with Crippen molar-refractivity contribution in [3.63, 3.8) is 0 Å². The monoisotopic (exact) mass is 213 g/mol. The van der Waals surface area contributed by atoms with E-state index in [0.29, 0.717) is 11.3 Å². The van der Waals surface area contributed by atoms with E-state index in [0.717, 1.165) is 0 Å². The van der Waals surface area contributed by atoms with Gasteiger partial charge in [0.05, 0.1) is 12.7 Å². The Kier molecular flexibility index (Phi) is 4.05. The zero-order valence-electron chi connectivity index (χ0n) is 8.90. The molecule has 0 aliphatic rings. The summed E-state index contributed by atoms with van der Waals surface area (Å²) in [6.07, 6.45) is -0.863. The third kappa shape index (κ3) is 3.49. The van der Waals surface area contributed by atoms with Crippen LogP contribution < -0.4 is 5.73 Å². The van der Waals surface area contributed by atoms with Gasteiger partial charge >= 0.3 is 0 Å². The van der Waals surface area contributed by atoms with Crippen molar-refractivity contribution in [2.75, 3.05) is 12.3 Å². The standard InChI is InChI=1S/C11H16FNO2/c1-7(2)15-6-11(14)9-5-8(12)3-4-10(9)13/h3-5,7,11,14H,6,13H2,1-2H3. The number of aliphatic hydroxyl groups excluding tert-OH is 1. The van der Waals surface area contributed by atoms with Crippen molar-refractivity contribution in [1.82, 2.24) is 0 Å². The molecular formula is C11H16FNO2. The molecule has 84 valence electrons. The molecule has 0 saturated heterocycles. The van der Waals surface area contributed by atoms with Crippen molar-refractivity contribution in [2.45, 2.75) is 26.1 Å². The quantitative estimate of drug-likeness (QED) is 0.751. The maximum absolute atomic E-state index is 12.9. The number of ether oxygens (including phenoxy) is 1. The van der Waals surface area contributed by atoms with Crippen LogP contribution in [-0.2, 0) is 4.74 Å². The largest absolute Gasteiger partial charge is 0.398 e. The van der Waals surface area contributed by atoms with Gasteiger partial charge in [-0.3, -0.25) is 0 Å². The fourth-order valence-electron chi connectivity index (χ4n) is 1.21. The van der Waals surface area contributed by atoms with Gasteiger partial charge in [-0.05, 0) is 32.0 Å². The maximum Gasteiger partial charge on any atom is 0.123 e. The average Bonchev–Trinajstić information content (AvgIpc) is 2.18. The molecule has 0 saturated carbocycles. The van der Waals surface area contributed by atoms with Gasteiger partial charge in [-0.1, -0.05) is 0 Å². The minimum absolute atomic E-state index is 0.0226. The molecule has 1 unspecified atom stereocenters. The lowest BCUT2D eigenvalue weighted by Gasteiger charge is -2.15. The highest BCUT2D eigenvalue weighted by Crippen LogP contribution is 2.21. The Hall–Kier alpha value is -1.13. The van der Waals surface area contributed by atoms with Crippen molar-refractivity contribution in [2.24, 2.45) is 0 Å². The van der Waals surface area contributed by atoms with Gasteiger partial charge in [-0.25, -0.2) is 4.39 Å². The molecule has 0 heterocycles. The molecule has 3 N–H and O–H groups in total. The van der Waals surface area contributed by atoms with E-state index in [4.69, 9.17) is 10.5 Å². The number of hydrogen-bond acceptors (Lipinski definition) is 3. The molecule has 1 aromatic rings. The van der Waals surface area contributed by atoms with E-state index in [-0.39, 0.29) is 12.7 Å². The Balaban J connectivity index is 2.72. The molecule has 0 aliphatic heterocycles. The molecule has 0 radical (unpaired) electrons. The molecule has 0 fully saturated rings. The number of nitrogens with two attached hydrogens (primary N) is 1. The predicted octanol–water partition coefficient (Wildman–Crippen LogP) is 1.87. The first-order valence-corrected chi connectivity index (χ1v) is 4.85. The molecule has 3 nitrogen and oxygen atoms in total. The van der Waals surface area contributed by atoms with Crippen LogP contribution in [0.25, 0.3) is 0 Å². The third-order valence-corrected chi connectivity index (χ3v) is 2.00. The van der Waals surface area contributed by atoms with Crippen LogP contribution in [0.2, 0.25) is 0 Å². The van der Waals surface area contributed by atoms with Crippen molar-refractivity contribution >= 4 is 5.69 Å². The third-order valence-electron chi connectivity index (χ3n) is 2.00. The fourth-order valence-corrected chi connectivity index (χ4v) is 1.21. The Labute approximate surface area is 88.7 Å². The summed E-state index contributed by atoms with van der Waals surface area (Å²) in [5, 5.41) is 9.70. The van der Waals surface area contributed by atoms with Crippen molar-refractivity contribution in [3.05, 3.63) is 29.6 Å². The van der Waals surface area contributed by atoms with Crippen LogP contribution >= 0.6 is 0 Å². The van der Waals surface area contributed by atoms with E-state index in [2.05, 4.69) is 0 Å². The van der Waals surface area contributed by atoms with Gasteiger partial charge in [0.2, 0.25) is 0 Å². The number of aliphatic hydroxyl groups is 1. The van der Waals surface area contributed by atoms with Crippen LogP contribution in [0.3, 0.4) is 0 Å². The van der Waals surface area contributed by atoms with E-state index >= 15 is 0 Å². The Morgan fingerprint density at radius 2 is 2.13 bits per heavy atom. The minimum atomic E-state index is -0.886. The zero-order chi connectivity index (χ0) is 11.4. The highest BCUT2D eigenvalue weighted by Gasteiger charge is 2.12. The van der Waals surface area contributed by atoms with Crippen molar-refractivity contribution in [3.8, 4) is 0 Å². The summed E-state index contributed by atoms with van der Waals surface area (Å²) in [5.74, 6) is -0.414. The van der Waals surface area contributed by atoms with Gasteiger partial charge in [-0.2, -0.15) is 0 Å². The molecule has 1 rings (SSSR count). The molecule has 1 aromatic carbocycles. The smallest absolute Gasteiger partial charge is 0.123 e. The molecule has 15 heavy (non-hydrogen) atoms. The number of benzene rings is 1. The molecule has 0 spiro atoms. The second-order valence-corrected chi connectivity index (χ2v) is 3.67. The summed E-state index contributed by atoms with van der Waals surface area (Å²) in [6.45, 7) is 3.84. The second kappa shape index (κ2) is 5.09. The zero-order valence-corrected chi connectivity index (χ0v) is 8.90. The first-order chi connectivity index (χ1) is 7.00. The lowest BCUT2D eigenvalue weighted by atomic mass is 10.1. The maximum atomic E-state index is 12.9. The summed E-state index contributed by atoms with van der Waals surface area (Å²) in [4.78, 5) is 0. The van der Waals surface area contributed by atoms with E-state index in [1.54, 1.807) is 0 Å². The summed E-state index contributed by atoms with van der Waals surface area (Å²) >= 11 is 0. The minimum Gasteiger partial charge on any atom is -0.398 e. The fraction of sp³-hybridized carbons (Fsp3) is 0.455. The van der Waals surface area contributed by atoms with Crippen LogP contribution in [0, 0.1) is 5.82 Å². The first-order valence-electron chi connectivity index (χ1n) is 4.85. The number of halogens is 1. The van der Waals surface area contributed by atoms with Gasteiger partial charge < -0.3 is 15.6 Å². The number of nitrogen functional groups attached to an aromatic ring is 1. The summed E-state index contributed by atoms with van der Waals surface area (Å²) in [6, 6.07) is 3.92. The summed E-state index contributed by atoms with van der Waals surface area (Å²) in [7, 11) is 0. The van der Waals surface area contributed by atoms with Crippen molar-refractivity contribution < 1.29 is 14.2 Å². The summed E-state index contributed by atoms with van der Waals surface area (Å²) < 4.78 is 18.1. The molecular weight excluding hydrogens is 197 g/mol. The van der Waals surface area contributed by atoms with E-state index < -0.39 is 11.9 Å². The van der Waals surface area contributed by atoms with Gasteiger partial charge in [0.25, 0.3) is 0 Å². The number of anilines is 1. The van der Waals surface area contributed by atoms with E-state index in [9.17, 15) is 9.50 Å². The van der Waals surface area contributed by atoms with E-state index in [1.807, 2.05) is 13.8 Å². The normalized spacial score (nSPS) is 13.1. The molecule has 0 aromatic heterocycles. The Morgan fingerprint density at radius 1 is 1.47 bits per heavy atom. The second-order valence-electron chi connectivity index (χ2n) is 3.67. The van der Waals surface area contributed by atoms with Gasteiger partial charge in [0, 0.05) is 11.3 Å². The number of hydrogen-bond donors (Lipinski definition) is 2. The van der Waals surface area contributed by atoms with Crippen LogP contribution in [0.5, 0.6) is 0 Å². The number of rotatable bonds is 4. The predicted molar refractivity (Wildman–Crippen MR) is 56.9 cm³/mol. The summed E-state index contributed by atoms with van der Waals surface area (Å²) in [5.41, 5.74) is 6.36. The topological polar surface area (TPSA) is 55.5 Å². The first kappa shape index (κ1) is 11.9. The molecule has 4 heteroatoms. The van der Waals surface area contributed by atoms with Crippen LogP contribution in [0.15, 0.2) is 18.2 Å². The van der Waals surface area contributed by atoms with Gasteiger partial charge in [0.1, 0.15) is 11.9 Å². The Bertz CT molecular complexity index is 328.